The number of pyridine rings is 1. The van der Waals surface area contributed by atoms with Crippen LogP contribution in [0.1, 0.15) is 57.7 Å². The number of hydrogen-bond donors (Lipinski definition) is 1. The van der Waals surface area contributed by atoms with Crippen molar-refractivity contribution in [3.05, 3.63) is 23.5 Å². The highest BCUT2D eigenvalue weighted by Crippen LogP contribution is 2.32. The zero-order valence-corrected chi connectivity index (χ0v) is 14.0. The summed E-state index contributed by atoms with van der Waals surface area (Å²) in [7, 11) is 0. The molecule has 21 heavy (non-hydrogen) atoms. The second-order valence-corrected chi connectivity index (χ2v) is 6.77. The van der Waals surface area contributed by atoms with Crippen LogP contribution in [0.4, 0.5) is 0 Å². The molecule has 3 nitrogen and oxygen atoms in total. The van der Waals surface area contributed by atoms with Gasteiger partial charge in [-0.1, -0.05) is 20.8 Å². The van der Waals surface area contributed by atoms with E-state index in [-0.39, 0.29) is 0 Å². The van der Waals surface area contributed by atoms with Crippen LogP contribution < -0.4 is 10.1 Å². The van der Waals surface area contributed by atoms with Crippen molar-refractivity contribution in [1.29, 1.82) is 0 Å². The van der Waals surface area contributed by atoms with Crippen molar-refractivity contribution in [3.8, 4) is 5.75 Å². The normalized spacial score (nSPS) is 25.8. The van der Waals surface area contributed by atoms with Crippen LogP contribution in [-0.4, -0.2) is 17.6 Å². The van der Waals surface area contributed by atoms with Crippen LogP contribution in [-0.2, 0) is 6.54 Å². The molecule has 0 radical (unpaired) electrons. The highest BCUT2D eigenvalue weighted by atomic mass is 16.5. The fourth-order valence-corrected chi connectivity index (χ4v) is 3.35. The van der Waals surface area contributed by atoms with Gasteiger partial charge < -0.3 is 10.1 Å². The third-order valence-electron chi connectivity index (χ3n) is 4.25. The summed E-state index contributed by atoms with van der Waals surface area (Å²) in [5.41, 5.74) is 2.21. The van der Waals surface area contributed by atoms with Crippen LogP contribution in [0.2, 0.25) is 0 Å². The Morgan fingerprint density at radius 1 is 1.24 bits per heavy atom. The summed E-state index contributed by atoms with van der Waals surface area (Å²) in [6.07, 6.45) is 7.15. The Morgan fingerprint density at radius 2 is 1.95 bits per heavy atom. The molecule has 1 saturated carbocycles. The van der Waals surface area contributed by atoms with Crippen molar-refractivity contribution < 1.29 is 4.74 Å². The molecule has 0 amide bonds. The van der Waals surface area contributed by atoms with E-state index < -0.39 is 0 Å². The first-order valence-electron chi connectivity index (χ1n) is 8.41. The second kappa shape index (κ2) is 7.79. The van der Waals surface area contributed by atoms with Gasteiger partial charge in [0.25, 0.3) is 0 Å². The Morgan fingerprint density at radius 3 is 2.62 bits per heavy atom. The van der Waals surface area contributed by atoms with Crippen molar-refractivity contribution in [1.82, 2.24) is 10.3 Å². The molecule has 3 heteroatoms. The SMILES string of the molecule is CCCNCc1cnc(C)cc1OC1CC(C)CC(C)C1. The molecule has 2 unspecified atom stereocenters. The van der Waals surface area contributed by atoms with Gasteiger partial charge in [0.05, 0.1) is 6.10 Å². The van der Waals surface area contributed by atoms with Crippen molar-refractivity contribution >= 4 is 0 Å². The molecule has 1 aliphatic rings. The highest BCUT2D eigenvalue weighted by Gasteiger charge is 2.25. The van der Waals surface area contributed by atoms with Crippen LogP contribution in [0, 0.1) is 18.8 Å². The van der Waals surface area contributed by atoms with E-state index in [1.807, 2.05) is 13.1 Å². The van der Waals surface area contributed by atoms with Crippen LogP contribution in [0.3, 0.4) is 0 Å². The fraction of sp³-hybridized carbons (Fsp3) is 0.722. The summed E-state index contributed by atoms with van der Waals surface area (Å²) < 4.78 is 6.36. The first kappa shape index (κ1) is 16.3. The van der Waals surface area contributed by atoms with Gasteiger partial charge in [-0.15, -0.1) is 0 Å². The van der Waals surface area contributed by atoms with E-state index in [4.69, 9.17) is 4.74 Å². The minimum absolute atomic E-state index is 0.357. The molecule has 0 aliphatic heterocycles. The van der Waals surface area contributed by atoms with E-state index in [9.17, 15) is 0 Å². The standard InChI is InChI=1S/C18H30N2O/c1-5-6-19-11-16-12-20-15(4)10-18(16)21-17-8-13(2)7-14(3)9-17/h10,12-14,17,19H,5-9,11H2,1-4H3. The summed E-state index contributed by atoms with van der Waals surface area (Å²) in [6, 6.07) is 2.09. The average molecular weight is 290 g/mol. The molecule has 2 rings (SSSR count). The maximum atomic E-state index is 6.36. The van der Waals surface area contributed by atoms with Gasteiger partial charge in [0.15, 0.2) is 0 Å². The van der Waals surface area contributed by atoms with Gasteiger partial charge in [-0.05, 0) is 51.0 Å². The van der Waals surface area contributed by atoms with Gasteiger partial charge in [-0.2, -0.15) is 0 Å². The van der Waals surface area contributed by atoms with E-state index in [0.717, 1.165) is 42.8 Å². The molecular weight excluding hydrogens is 260 g/mol. The van der Waals surface area contributed by atoms with E-state index >= 15 is 0 Å². The molecule has 0 saturated heterocycles. The number of hydrogen-bond acceptors (Lipinski definition) is 3. The van der Waals surface area contributed by atoms with Gasteiger partial charge in [-0.25, -0.2) is 0 Å². The number of aryl methyl sites for hydroxylation is 1. The third-order valence-corrected chi connectivity index (χ3v) is 4.25. The number of ether oxygens (including phenoxy) is 1. The molecule has 1 heterocycles. The molecule has 2 atom stereocenters. The number of nitrogens with zero attached hydrogens (tertiary/aromatic N) is 1. The predicted octanol–water partition coefficient (Wildman–Crippen LogP) is 4.09. The van der Waals surface area contributed by atoms with Gasteiger partial charge in [-0.3, -0.25) is 4.98 Å². The molecule has 1 aromatic rings. The first-order valence-corrected chi connectivity index (χ1v) is 8.41. The van der Waals surface area contributed by atoms with Gasteiger partial charge in [0.1, 0.15) is 5.75 Å². The minimum Gasteiger partial charge on any atom is -0.490 e. The maximum absolute atomic E-state index is 6.36. The molecular formula is C18H30N2O. The van der Waals surface area contributed by atoms with Gasteiger partial charge >= 0.3 is 0 Å². The predicted molar refractivity (Wildman–Crippen MR) is 87.6 cm³/mol. The monoisotopic (exact) mass is 290 g/mol. The number of aromatic nitrogens is 1. The van der Waals surface area contributed by atoms with Crippen molar-refractivity contribution in [2.24, 2.45) is 11.8 Å². The maximum Gasteiger partial charge on any atom is 0.127 e. The van der Waals surface area contributed by atoms with Crippen molar-refractivity contribution in [2.45, 2.75) is 66.0 Å². The molecule has 0 spiro atoms. The molecule has 0 bridgehead atoms. The lowest BCUT2D eigenvalue weighted by atomic mass is 9.82. The molecule has 1 N–H and O–H groups in total. The van der Waals surface area contributed by atoms with Crippen LogP contribution in [0.25, 0.3) is 0 Å². The molecule has 1 aromatic heterocycles. The largest absolute Gasteiger partial charge is 0.490 e. The summed E-state index contributed by atoms with van der Waals surface area (Å²) in [5, 5.41) is 3.45. The fourth-order valence-electron chi connectivity index (χ4n) is 3.35. The Balaban J connectivity index is 2.04. The van der Waals surface area contributed by atoms with E-state index in [1.165, 1.54) is 24.8 Å². The topological polar surface area (TPSA) is 34.2 Å². The summed E-state index contributed by atoms with van der Waals surface area (Å²) in [5.74, 6) is 2.56. The summed E-state index contributed by atoms with van der Waals surface area (Å²) in [4.78, 5) is 4.42. The smallest absolute Gasteiger partial charge is 0.127 e. The minimum atomic E-state index is 0.357. The second-order valence-electron chi connectivity index (χ2n) is 6.77. The van der Waals surface area contributed by atoms with E-state index in [0.29, 0.717) is 6.10 Å². The van der Waals surface area contributed by atoms with Crippen LogP contribution in [0.15, 0.2) is 12.3 Å². The molecule has 0 aromatic carbocycles. The number of nitrogens with one attached hydrogen (secondary N) is 1. The van der Waals surface area contributed by atoms with Gasteiger partial charge in [0.2, 0.25) is 0 Å². The van der Waals surface area contributed by atoms with Crippen LogP contribution in [0.5, 0.6) is 5.75 Å². The molecule has 1 aliphatic carbocycles. The lowest BCUT2D eigenvalue weighted by Crippen LogP contribution is -2.29. The van der Waals surface area contributed by atoms with Crippen molar-refractivity contribution in [3.63, 3.8) is 0 Å². The zero-order valence-electron chi connectivity index (χ0n) is 14.0. The third kappa shape index (κ3) is 4.99. The van der Waals surface area contributed by atoms with E-state index in [1.54, 1.807) is 0 Å². The quantitative estimate of drug-likeness (QED) is 0.801. The zero-order chi connectivity index (χ0) is 15.2. The molecule has 118 valence electrons. The Hall–Kier alpha value is -1.09. The Bertz CT molecular complexity index is 437. The average Bonchev–Trinajstić information content (AvgIpc) is 2.40. The van der Waals surface area contributed by atoms with E-state index in [2.05, 4.69) is 37.1 Å². The van der Waals surface area contributed by atoms with Gasteiger partial charge in [0, 0.05) is 30.1 Å². The first-order chi connectivity index (χ1) is 10.1. The van der Waals surface area contributed by atoms with Crippen LogP contribution >= 0.6 is 0 Å². The van der Waals surface area contributed by atoms with Crippen molar-refractivity contribution in [2.75, 3.05) is 6.54 Å². The Labute approximate surface area is 129 Å². The lowest BCUT2D eigenvalue weighted by Gasteiger charge is -2.32. The molecule has 1 fully saturated rings. The highest BCUT2D eigenvalue weighted by molar-refractivity contribution is 5.33. The summed E-state index contributed by atoms with van der Waals surface area (Å²) >= 11 is 0. The lowest BCUT2D eigenvalue weighted by molar-refractivity contribution is 0.0998. The summed E-state index contributed by atoms with van der Waals surface area (Å²) in [6.45, 7) is 10.8. The number of rotatable bonds is 6. The Kier molecular flexibility index (Phi) is 6.04.